The van der Waals surface area contributed by atoms with E-state index in [0.717, 1.165) is 24.3 Å². The summed E-state index contributed by atoms with van der Waals surface area (Å²) in [6, 6.07) is 6.90. The van der Waals surface area contributed by atoms with Crippen LogP contribution in [0, 0.1) is 0 Å². The van der Waals surface area contributed by atoms with Gasteiger partial charge < -0.3 is 15.4 Å². The lowest BCUT2D eigenvalue weighted by Gasteiger charge is -2.26. The SMILES string of the molecule is NC(=O)NN=Cc1cccc(OCCCN2CCCCC2)c1. The van der Waals surface area contributed by atoms with Crippen molar-refractivity contribution in [2.75, 3.05) is 26.2 Å². The third-order valence-corrected chi connectivity index (χ3v) is 3.58. The van der Waals surface area contributed by atoms with Gasteiger partial charge in [-0.25, -0.2) is 10.2 Å². The van der Waals surface area contributed by atoms with E-state index in [1.54, 1.807) is 0 Å². The van der Waals surface area contributed by atoms with Gasteiger partial charge in [-0.05, 0) is 50.0 Å². The van der Waals surface area contributed by atoms with Crippen LogP contribution in [0.25, 0.3) is 0 Å². The van der Waals surface area contributed by atoms with Crippen LogP contribution in [0.1, 0.15) is 31.2 Å². The van der Waals surface area contributed by atoms with E-state index in [9.17, 15) is 4.79 Å². The average Bonchev–Trinajstić information content (AvgIpc) is 2.53. The Bertz CT molecular complexity index is 499. The number of hydrogen-bond acceptors (Lipinski definition) is 4. The third kappa shape index (κ3) is 6.13. The van der Waals surface area contributed by atoms with Crippen molar-refractivity contribution in [1.82, 2.24) is 10.3 Å². The van der Waals surface area contributed by atoms with Gasteiger partial charge in [-0.1, -0.05) is 18.6 Å². The summed E-state index contributed by atoms with van der Waals surface area (Å²) in [7, 11) is 0. The number of ether oxygens (including phenoxy) is 1. The number of piperidine rings is 1. The summed E-state index contributed by atoms with van der Waals surface area (Å²) in [6.45, 7) is 4.25. The molecule has 3 N–H and O–H groups in total. The molecular formula is C16H24N4O2. The first kappa shape index (κ1) is 16.3. The minimum atomic E-state index is -0.679. The molecule has 1 saturated heterocycles. The number of likely N-dealkylation sites (tertiary alicyclic amines) is 1. The first-order chi connectivity index (χ1) is 10.7. The van der Waals surface area contributed by atoms with Crippen LogP contribution < -0.4 is 15.9 Å². The molecule has 1 aliphatic rings. The number of amides is 2. The molecule has 0 spiro atoms. The van der Waals surface area contributed by atoms with Crippen LogP contribution in [0.5, 0.6) is 5.75 Å². The molecule has 0 saturated carbocycles. The van der Waals surface area contributed by atoms with E-state index < -0.39 is 6.03 Å². The van der Waals surface area contributed by atoms with Gasteiger partial charge in [0, 0.05) is 6.54 Å². The number of carbonyl (C=O) groups is 1. The highest BCUT2D eigenvalue weighted by atomic mass is 16.5. The topological polar surface area (TPSA) is 80.0 Å². The minimum absolute atomic E-state index is 0.679. The Morgan fingerprint density at radius 1 is 1.36 bits per heavy atom. The summed E-state index contributed by atoms with van der Waals surface area (Å²) in [6.07, 6.45) is 6.57. The highest BCUT2D eigenvalue weighted by molar-refractivity contribution is 5.81. The molecule has 6 nitrogen and oxygen atoms in total. The predicted molar refractivity (Wildman–Crippen MR) is 87.2 cm³/mol. The van der Waals surface area contributed by atoms with Gasteiger partial charge in [-0.3, -0.25) is 0 Å². The van der Waals surface area contributed by atoms with Gasteiger partial charge in [0.05, 0.1) is 12.8 Å². The third-order valence-electron chi connectivity index (χ3n) is 3.58. The molecule has 1 heterocycles. The van der Waals surface area contributed by atoms with Gasteiger partial charge in [-0.15, -0.1) is 0 Å². The van der Waals surface area contributed by atoms with Gasteiger partial charge in [0.1, 0.15) is 5.75 Å². The number of nitrogens with zero attached hydrogens (tertiary/aromatic N) is 2. The zero-order chi connectivity index (χ0) is 15.6. The second-order valence-electron chi connectivity index (χ2n) is 5.41. The largest absolute Gasteiger partial charge is 0.494 e. The fraction of sp³-hybridized carbons (Fsp3) is 0.500. The molecular weight excluding hydrogens is 280 g/mol. The van der Waals surface area contributed by atoms with E-state index in [2.05, 4.69) is 15.4 Å². The number of benzene rings is 1. The number of rotatable bonds is 7. The van der Waals surface area contributed by atoms with Crippen LogP contribution in [-0.2, 0) is 0 Å². The van der Waals surface area contributed by atoms with Crippen molar-refractivity contribution in [3.63, 3.8) is 0 Å². The second-order valence-corrected chi connectivity index (χ2v) is 5.41. The average molecular weight is 304 g/mol. The van der Waals surface area contributed by atoms with Crippen LogP contribution in [0.3, 0.4) is 0 Å². The molecule has 0 aromatic heterocycles. The maximum absolute atomic E-state index is 10.5. The van der Waals surface area contributed by atoms with E-state index in [0.29, 0.717) is 6.61 Å². The monoisotopic (exact) mass is 304 g/mol. The molecule has 2 rings (SSSR count). The lowest BCUT2D eigenvalue weighted by Crippen LogP contribution is -2.31. The van der Waals surface area contributed by atoms with Gasteiger partial charge in [0.15, 0.2) is 0 Å². The summed E-state index contributed by atoms with van der Waals surface area (Å²) in [5, 5.41) is 3.73. The van der Waals surface area contributed by atoms with Crippen LogP contribution in [-0.4, -0.2) is 43.4 Å². The maximum Gasteiger partial charge on any atom is 0.332 e. The van der Waals surface area contributed by atoms with Crippen LogP contribution in [0.15, 0.2) is 29.4 Å². The van der Waals surface area contributed by atoms with E-state index in [1.165, 1.54) is 38.6 Å². The Hall–Kier alpha value is -2.08. The Morgan fingerprint density at radius 3 is 2.95 bits per heavy atom. The van der Waals surface area contributed by atoms with Gasteiger partial charge in [0.25, 0.3) is 0 Å². The Morgan fingerprint density at radius 2 is 2.18 bits per heavy atom. The summed E-state index contributed by atoms with van der Waals surface area (Å²) >= 11 is 0. The Labute approximate surface area is 131 Å². The summed E-state index contributed by atoms with van der Waals surface area (Å²) < 4.78 is 5.76. The standard InChI is InChI=1S/C16H24N4O2/c17-16(21)19-18-13-14-6-4-7-15(12-14)22-11-5-10-20-8-2-1-3-9-20/h4,6-7,12-13H,1-3,5,8-11H2,(H3,17,19,21). The zero-order valence-electron chi connectivity index (χ0n) is 12.8. The zero-order valence-corrected chi connectivity index (χ0v) is 12.8. The molecule has 1 aliphatic heterocycles. The maximum atomic E-state index is 10.5. The molecule has 0 atom stereocenters. The fourth-order valence-electron chi connectivity index (χ4n) is 2.52. The lowest BCUT2D eigenvalue weighted by molar-refractivity contribution is 0.205. The number of hydrogen-bond donors (Lipinski definition) is 2. The van der Waals surface area contributed by atoms with Crippen molar-refractivity contribution in [2.45, 2.75) is 25.7 Å². The molecule has 0 radical (unpaired) electrons. The fourth-order valence-corrected chi connectivity index (χ4v) is 2.52. The quantitative estimate of drug-likeness (QED) is 0.459. The minimum Gasteiger partial charge on any atom is -0.494 e. The van der Waals surface area contributed by atoms with E-state index in [1.807, 2.05) is 24.3 Å². The smallest absolute Gasteiger partial charge is 0.332 e. The van der Waals surface area contributed by atoms with Crippen molar-refractivity contribution in [1.29, 1.82) is 0 Å². The molecule has 1 aromatic rings. The molecule has 1 fully saturated rings. The summed E-state index contributed by atoms with van der Waals surface area (Å²) in [5.41, 5.74) is 7.95. The van der Waals surface area contributed by atoms with Gasteiger partial charge in [0.2, 0.25) is 0 Å². The highest BCUT2D eigenvalue weighted by Gasteiger charge is 2.08. The van der Waals surface area contributed by atoms with Crippen LogP contribution in [0.4, 0.5) is 4.79 Å². The number of nitrogens with one attached hydrogen (secondary N) is 1. The first-order valence-corrected chi connectivity index (χ1v) is 7.78. The lowest BCUT2D eigenvalue weighted by atomic mass is 10.1. The molecule has 0 aliphatic carbocycles. The Balaban J connectivity index is 1.70. The molecule has 0 bridgehead atoms. The van der Waals surface area contributed by atoms with Crippen molar-refractivity contribution < 1.29 is 9.53 Å². The number of carbonyl (C=O) groups excluding carboxylic acids is 1. The number of primary amides is 1. The second kappa shape index (κ2) is 9.04. The number of hydrazone groups is 1. The van der Waals surface area contributed by atoms with E-state index in [4.69, 9.17) is 10.5 Å². The van der Waals surface area contributed by atoms with Crippen molar-refractivity contribution in [2.24, 2.45) is 10.8 Å². The van der Waals surface area contributed by atoms with Crippen molar-refractivity contribution in [3.05, 3.63) is 29.8 Å². The van der Waals surface area contributed by atoms with Crippen molar-refractivity contribution >= 4 is 12.2 Å². The predicted octanol–water partition coefficient (Wildman–Crippen LogP) is 1.94. The molecule has 6 heteroatoms. The van der Waals surface area contributed by atoms with Gasteiger partial charge in [-0.2, -0.15) is 5.10 Å². The summed E-state index contributed by atoms with van der Waals surface area (Å²) in [4.78, 5) is 13.0. The van der Waals surface area contributed by atoms with E-state index in [-0.39, 0.29) is 0 Å². The van der Waals surface area contributed by atoms with Crippen LogP contribution in [0.2, 0.25) is 0 Å². The van der Waals surface area contributed by atoms with Crippen molar-refractivity contribution in [3.8, 4) is 5.75 Å². The molecule has 2 amide bonds. The normalized spacial score (nSPS) is 15.8. The highest BCUT2D eigenvalue weighted by Crippen LogP contribution is 2.13. The molecule has 0 unspecified atom stereocenters. The molecule has 22 heavy (non-hydrogen) atoms. The number of urea groups is 1. The van der Waals surface area contributed by atoms with Gasteiger partial charge >= 0.3 is 6.03 Å². The van der Waals surface area contributed by atoms with Crippen LogP contribution >= 0.6 is 0 Å². The van der Waals surface area contributed by atoms with E-state index >= 15 is 0 Å². The number of nitrogens with two attached hydrogens (primary N) is 1. The summed E-state index contributed by atoms with van der Waals surface area (Å²) in [5.74, 6) is 0.807. The molecule has 1 aromatic carbocycles. The first-order valence-electron chi connectivity index (χ1n) is 7.78. The Kier molecular flexibility index (Phi) is 6.70. The molecule has 120 valence electrons.